The van der Waals surface area contributed by atoms with Gasteiger partial charge in [-0.1, -0.05) is 25.0 Å². The van der Waals surface area contributed by atoms with Crippen LogP contribution < -0.4 is 5.32 Å². The average molecular weight is 230 g/mol. The number of aromatic nitrogens is 1. The summed E-state index contributed by atoms with van der Waals surface area (Å²) in [4.78, 5) is 4.42. The topological polar surface area (TPSA) is 38.1 Å². The van der Waals surface area contributed by atoms with E-state index >= 15 is 0 Å². The Kier molecular flexibility index (Phi) is 2.75. The molecule has 0 saturated heterocycles. The summed E-state index contributed by atoms with van der Waals surface area (Å²) in [6.07, 6.45) is 5.38. The van der Waals surface area contributed by atoms with Crippen molar-refractivity contribution in [2.75, 3.05) is 5.32 Å². The van der Waals surface area contributed by atoms with Crippen molar-refractivity contribution in [2.24, 2.45) is 5.92 Å². The second-order valence-electron chi connectivity index (χ2n) is 5.05. The molecule has 1 aromatic heterocycles. The van der Waals surface area contributed by atoms with E-state index in [0.717, 1.165) is 17.0 Å². The molecule has 1 unspecified atom stereocenters. The molecule has 3 nitrogen and oxygen atoms in total. The predicted molar refractivity (Wildman–Crippen MR) is 69.1 cm³/mol. The van der Waals surface area contributed by atoms with Gasteiger partial charge in [-0.05, 0) is 37.8 Å². The second kappa shape index (κ2) is 4.40. The molecule has 1 heterocycles. The highest BCUT2D eigenvalue weighted by Gasteiger charge is 2.21. The molecule has 0 spiro atoms. The summed E-state index contributed by atoms with van der Waals surface area (Å²) in [5.41, 5.74) is 1.77. The van der Waals surface area contributed by atoms with Crippen LogP contribution in [0.15, 0.2) is 28.7 Å². The van der Waals surface area contributed by atoms with E-state index < -0.39 is 0 Å². The van der Waals surface area contributed by atoms with Gasteiger partial charge in [-0.3, -0.25) is 0 Å². The van der Waals surface area contributed by atoms with Gasteiger partial charge in [0.05, 0.1) is 0 Å². The third kappa shape index (κ3) is 2.60. The average Bonchev–Trinajstić information content (AvgIpc) is 3.06. The lowest BCUT2D eigenvalue weighted by Gasteiger charge is -2.10. The fourth-order valence-electron chi connectivity index (χ4n) is 2.11. The Morgan fingerprint density at radius 3 is 3.00 bits per heavy atom. The maximum absolute atomic E-state index is 5.64. The van der Waals surface area contributed by atoms with Gasteiger partial charge >= 0.3 is 0 Å². The van der Waals surface area contributed by atoms with Crippen LogP contribution >= 0.6 is 0 Å². The van der Waals surface area contributed by atoms with Crippen molar-refractivity contribution >= 4 is 17.1 Å². The van der Waals surface area contributed by atoms with Gasteiger partial charge in [-0.15, -0.1) is 0 Å². The van der Waals surface area contributed by atoms with Crippen LogP contribution in [0.1, 0.15) is 32.6 Å². The minimum Gasteiger partial charge on any atom is -0.424 e. The highest BCUT2D eigenvalue weighted by molar-refractivity contribution is 5.74. The van der Waals surface area contributed by atoms with Crippen LogP contribution in [0.2, 0.25) is 0 Å². The van der Waals surface area contributed by atoms with Crippen LogP contribution in [0.25, 0.3) is 11.1 Å². The van der Waals surface area contributed by atoms with Crippen LogP contribution in [-0.2, 0) is 0 Å². The Balaban J connectivity index is 1.62. The summed E-state index contributed by atoms with van der Waals surface area (Å²) in [5.74, 6) is 0.989. The van der Waals surface area contributed by atoms with Gasteiger partial charge in [0, 0.05) is 6.04 Å². The maximum Gasteiger partial charge on any atom is 0.295 e. The van der Waals surface area contributed by atoms with Crippen molar-refractivity contribution in [1.29, 1.82) is 0 Å². The largest absolute Gasteiger partial charge is 0.424 e. The number of fused-ring (bicyclic) bond motifs is 1. The SMILES string of the molecule is CC(CCC1CC1)Nc1nc2ccccc2o1. The summed E-state index contributed by atoms with van der Waals surface area (Å²) < 4.78 is 5.64. The third-order valence-electron chi connectivity index (χ3n) is 3.37. The van der Waals surface area contributed by atoms with Crippen molar-refractivity contribution in [3.8, 4) is 0 Å². The van der Waals surface area contributed by atoms with E-state index in [2.05, 4.69) is 17.2 Å². The summed E-state index contributed by atoms with van der Waals surface area (Å²) in [7, 11) is 0. The summed E-state index contributed by atoms with van der Waals surface area (Å²) >= 11 is 0. The number of benzene rings is 1. The first-order valence-electron chi connectivity index (χ1n) is 6.43. The zero-order valence-corrected chi connectivity index (χ0v) is 10.1. The minimum atomic E-state index is 0.434. The number of rotatable bonds is 5. The van der Waals surface area contributed by atoms with Gasteiger partial charge in [0.25, 0.3) is 6.01 Å². The first-order valence-corrected chi connectivity index (χ1v) is 6.43. The lowest BCUT2D eigenvalue weighted by Crippen LogP contribution is -2.15. The molecular weight excluding hydrogens is 212 g/mol. The molecule has 3 rings (SSSR count). The van der Waals surface area contributed by atoms with E-state index in [9.17, 15) is 0 Å². The van der Waals surface area contributed by atoms with E-state index in [-0.39, 0.29) is 0 Å². The highest BCUT2D eigenvalue weighted by atomic mass is 16.4. The second-order valence-corrected chi connectivity index (χ2v) is 5.05. The van der Waals surface area contributed by atoms with Crippen LogP contribution in [0, 0.1) is 5.92 Å². The number of hydrogen-bond donors (Lipinski definition) is 1. The molecule has 0 amide bonds. The molecule has 0 aliphatic heterocycles. The molecule has 1 atom stereocenters. The summed E-state index contributed by atoms with van der Waals surface area (Å²) in [5, 5.41) is 3.34. The quantitative estimate of drug-likeness (QED) is 0.848. The number of nitrogens with one attached hydrogen (secondary N) is 1. The molecule has 1 aromatic carbocycles. The van der Waals surface area contributed by atoms with Gasteiger partial charge in [0.15, 0.2) is 5.58 Å². The molecule has 17 heavy (non-hydrogen) atoms. The Hall–Kier alpha value is -1.51. The van der Waals surface area contributed by atoms with Gasteiger partial charge < -0.3 is 9.73 Å². The van der Waals surface area contributed by atoms with E-state index in [1.165, 1.54) is 25.7 Å². The summed E-state index contributed by atoms with van der Waals surface area (Å²) in [6.45, 7) is 2.19. The Morgan fingerprint density at radius 2 is 2.24 bits per heavy atom. The van der Waals surface area contributed by atoms with Crippen LogP contribution in [0.3, 0.4) is 0 Å². The number of anilines is 1. The van der Waals surface area contributed by atoms with Gasteiger partial charge in [0.2, 0.25) is 0 Å². The van der Waals surface area contributed by atoms with E-state index in [0.29, 0.717) is 12.1 Å². The van der Waals surface area contributed by atoms with Gasteiger partial charge in [0.1, 0.15) is 5.52 Å². The van der Waals surface area contributed by atoms with E-state index in [4.69, 9.17) is 4.42 Å². The number of oxazole rings is 1. The van der Waals surface area contributed by atoms with Crippen LogP contribution in [0.5, 0.6) is 0 Å². The van der Waals surface area contributed by atoms with Gasteiger partial charge in [-0.25, -0.2) is 0 Å². The number of nitrogens with zero attached hydrogens (tertiary/aromatic N) is 1. The first-order chi connectivity index (χ1) is 8.31. The minimum absolute atomic E-state index is 0.434. The van der Waals surface area contributed by atoms with Crippen molar-refractivity contribution in [3.63, 3.8) is 0 Å². The summed E-state index contributed by atoms with van der Waals surface area (Å²) in [6, 6.07) is 8.94. The van der Waals surface area contributed by atoms with Crippen LogP contribution in [-0.4, -0.2) is 11.0 Å². The fraction of sp³-hybridized carbons (Fsp3) is 0.500. The zero-order chi connectivity index (χ0) is 11.7. The molecule has 1 aliphatic carbocycles. The number of hydrogen-bond acceptors (Lipinski definition) is 3. The third-order valence-corrected chi connectivity index (χ3v) is 3.37. The molecule has 1 fully saturated rings. The maximum atomic E-state index is 5.64. The van der Waals surface area contributed by atoms with Crippen molar-refractivity contribution < 1.29 is 4.42 Å². The lowest BCUT2D eigenvalue weighted by atomic mass is 10.1. The lowest BCUT2D eigenvalue weighted by molar-refractivity contribution is 0.566. The Bertz CT molecular complexity index is 469. The molecule has 0 radical (unpaired) electrons. The van der Waals surface area contributed by atoms with Crippen molar-refractivity contribution in [3.05, 3.63) is 24.3 Å². The molecule has 90 valence electrons. The molecule has 2 aromatic rings. The monoisotopic (exact) mass is 230 g/mol. The smallest absolute Gasteiger partial charge is 0.295 e. The van der Waals surface area contributed by atoms with E-state index in [1.807, 2.05) is 24.3 Å². The molecule has 1 aliphatic rings. The molecular formula is C14H18N2O. The molecule has 1 saturated carbocycles. The Labute approximate surface area is 101 Å². The van der Waals surface area contributed by atoms with Crippen molar-refractivity contribution in [2.45, 2.75) is 38.6 Å². The van der Waals surface area contributed by atoms with Crippen LogP contribution in [0.4, 0.5) is 6.01 Å². The zero-order valence-electron chi connectivity index (χ0n) is 10.1. The molecule has 0 bridgehead atoms. The van der Waals surface area contributed by atoms with Gasteiger partial charge in [-0.2, -0.15) is 4.98 Å². The Morgan fingerprint density at radius 1 is 1.41 bits per heavy atom. The van der Waals surface area contributed by atoms with Crippen molar-refractivity contribution in [1.82, 2.24) is 4.98 Å². The predicted octanol–water partition coefficient (Wildman–Crippen LogP) is 3.82. The number of para-hydroxylation sites is 2. The van der Waals surface area contributed by atoms with E-state index in [1.54, 1.807) is 0 Å². The highest BCUT2D eigenvalue weighted by Crippen LogP contribution is 2.34. The first kappa shape index (κ1) is 10.6. The normalized spacial score (nSPS) is 17.2. The molecule has 1 N–H and O–H groups in total. The fourth-order valence-corrected chi connectivity index (χ4v) is 2.11. The molecule has 3 heteroatoms. The standard InChI is InChI=1S/C14H18N2O/c1-10(6-7-11-8-9-11)15-14-16-12-4-2-3-5-13(12)17-14/h2-5,10-11H,6-9H2,1H3,(H,15,16).